The van der Waals surface area contributed by atoms with Gasteiger partial charge in [0.2, 0.25) is 0 Å². The molecule has 0 amide bonds. The summed E-state index contributed by atoms with van der Waals surface area (Å²) in [5.41, 5.74) is 0.530. The highest BCUT2D eigenvalue weighted by atomic mass is 32.2. The fraction of sp³-hybridized carbons (Fsp3) is 0.829. The van der Waals surface area contributed by atoms with Crippen molar-refractivity contribution in [2.24, 2.45) is 0 Å². The van der Waals surface area contributed by atoms with Crippen molar-refractivity contribution in [3.05, 3.63) is 35.9 Å². The summed E-state index contributed by atoms with van der Waals surface area (Å²) in [6, 6.07) is 8.37. The molecular weight excluding hydrogens is 514 g/mol. The van der Waals surface area contributed by atoms with Gasteiger partial charge in [-0.1, -0.05) is 154 Å². The molecule has 0 aliphatic carbocycles. The Hall–Kier alpha value is -0.910. The van der Waals surface area contributed by atoms with E-state index >= 15 is 0 Å². The normalized spacial score (nSPS) is 11.8. The highest BCUT2D eigenvalue weighted by Crippen LogP contribution is 2.18. The predicted molar refractivity (Wildman–Crippen MR) is 175 cm³/mol. The first-order valence-electron chi connectivity index (χ1n) is 17.1. The number of benzene rings is 1. The van der Waals surface area contributed by atoms with Gasteiger partial charge in [0.1, 0.15) is 0 Å². The lowest BCUT2D eigenvalue weighted by Gasteiger charge is -2.39. The maximum absolute atomic E-state index is 10.2. The molecular formula is C35H67NO3S. The molecule has 4 nitrogen and oxygen atoms in total. The number of nitrogens with zero attached hydrogens (tertiary/aromatic N) is 1. The van der Waals surface area contributed by atoms with Gasteiger partial charge in [0.25, 0.3) is 0 Å². The Morgan fingerprint density at radius 3 is 1.18 bits per heavy atom. The van der Waals surface area contributed by atoms with Crippen LogP contribution in [0.5, 0.6) is 0 Å². The van der Waals surface area contributed by atoms with Gasteiger partial charge in [-0.25, -0.2) is 8.42 Å². The standard InChI is InChI=1S/C28H60N.C7H8O3S/c1-5-9-13-14-15-16-17-18-19-20-21-22-23-24-28-29(25-10-6-2,26-11-7-3)27-12-8-4;8-11(9,10)6-7-4-2-1-3-5-7/h5-28H2,1-4H3;1-5H,6H2,(H,8,9,10)/q+1;/p-1. The minimum atomic E-state index is -4.13. The van der Waals surface area contributed by atoms with E-state index in [0.29, 0.717) is 5.56 Å². The maximum atomic E-state index is 10.2. The van der Waals surface area contributed by atoms with E-state index in [1.165, 1.54) is 159 Å². The van der Waals surface area contributed by atoms with E-state index in [9.17, 15) is 13.0 Å². The summed E-state index contributed by atoms with van der Waals surface area (Å²) in [5, 5.41) is 0. The Morgan fingerprint density at radius 2 is 0.825 bits per heavy atom. The molecule has 0 unspecified atom stereocenters. The van der Waals surface area contributed by atoms with E-state index < -0.39 is 15.9 Å². The van der Waals surface area contributed by atoms with Crippen molar-refractivity contribution in [3.63, 3.8) is 0 Å². The van der Waals surface area contributed by atoms with E-state index in [2.05, 4.69) is 27.7 Å². The minimum absolute atomic E-state index is 0.423. The number of quaternary nitrogens is 1. The first kappa shape index (κ1) is 39.1. The molecule has 1 rings (SSSR count). The van der Waals surface area contributed by atoms with Gasteiger partial charge in [-0.2, -0.15) is 0 Å². The van der Waals surface area contributed by atoms with E-state index in [1.54, 1.807) is 30.3 Å². The van der Waals surface area contributed by atoms with Crippen LogP contribution < -0.4 is 0 Å². The van der Waals surface area contributed by atoms with Gasteiger partial charge < -0.3 is 9.04 Å². The average Bonchev–Trinajstić information content (AvgIpc) is 2.93. The molecule has 0 aliphatic rings. The van der Waals surface area contributed by atoms with Crippen LogP contribution in [0.25, 0.3) is 0 Å². The van der Waals surface area contributed by atoms with Gasteiger partial charge in [-0.3, -0.25) is 0 Å². The van der Waals surface area contributed by atoms with E-state index in [4.69, 9.17) is 0 Å². The lowest BCUT2D eigenvalue weighted by atomic mass is 10.0. The van der Waals surface area contributed by atoms with Gasteiger partial charge in [0.15, 0.2) is 0 Å². The van der Waals surface area contributed by atoms with Crippen LogP contribution >= 0.6 is 0 Å². The van der Waals surface area contributed by atoms with Gasteiger partial charge in [0, 0.05) is 0 Å². The molecule has 0 saturated heterocycles. The van der Waals surface area contributed by atoms with Crippen molar-refractivity contribution in [2.75, 3.05) is 26.2 Å². The maximum Gasteiger partial charge on any atom is 0.0988 e. The summed E-state index contributed by atoms with van der Waals surface area (Å²) < 4.78 is 32.2. The van der Waals surface area contributed by atoms with Crippen LogP contribution in [0.2, 0.25) is 0 Å². The third-order valence-electron chi connectivity index (χ3n) is 8.13. The van der Waals surface area contributed by atoms with Crippen LogP contribution in [0.15, 0.2) is 30.3 Å². The summed E-state index contributed by atoms with van der Waals surface area (Å²) in [6.07, 6.45) is 28.9. The molecule has 0 heterocycles. The second kappa shape index (κ2) is 27.0. The molecule has 0 spiro atoms. The molecule has 0 aromatic heterocycles. The summed E-state index contributed by atoms with van der Waals surface area (Å²) in [5.74, 6) is -0.423. The molecule has 0 saturated carbocycles. The Morgan fingerprint density at radius 1 is 0.500 bits per heavy atom. The third kappa shape index (κ3) is 24.9. The Bertz CT molecular complexity index is 729. The quantitative estimate of drug-likeness (QED) is 0.0621. The number of rotatable bonds is 26. The second-order valence-electron chi connectivity index (χ2n) is 12.1. The molecule has 0 aliphatic heterocycles. The largest absolute Gasteiger partial charge is 0.748 e. The number of hydrogen-bond donors (Lipinski definition) is 0. The first-order valence-corrected chi connectivity index (χ1v) is 18.7. The lowest BCUT2D eigenvalue weighted by Crippen LogP contribution is -2.50. The van der Waals surface area contributed by atoms with Crippen LogP contribution in [0.4, 0.5) is 0 Å². The second-order valence-corrected chi connectivity index (χ2v) is 13.5. The highest BCUT2D eigenvalue weighted by molar-refractivity contribution is 7.84. The SMILES string of the molecule is CCCCCCCCCCCCCCCC[N+](CCCC)(CCCC)CCCC.O=S(=O)([O-])Cc1ccccc1. The topological polar surface area (TPSA) is 57.2 Å². The third-order valence-corrected chi connectivity index (χ3v) is 8.82. The van der Waals surface area contributed by atoms with Gasteiger partial charge >= 0.3 is 0 Å². The Kier molecular flexibility index (Phi) is 26.3. The first-order chi connectivity index (χ1) is 19.3. The van der Waals surface area contributed by atoms with E-state index in [1.807, 2.05) is 0 Å². The van der Waals surface area contributed by atoms with Crippen LogP contribution in [0, 0.1) is 0 Å². The molecule has 0 bridgehead atoms. The van der Waals surface area contributed by atoms with Crippen molar-refractivity contribution >= 4 is 10.1 Å². The zero-order valence-electron chi connectivity index (χ0n) is 27.1. The summed E-state index contributed by atoms with van der Waals surface area (Å²) in [6.45, 7) is 15.2. The molecule has 5 heteroatoms. The average molecular weight is 582 g/mol. The Labute approximate surface area is 251 Å². The number of hydrogen-bond acceptors (Lipinski definition) is 3. The lowest BCUT2D eigenvalue weighted by molar-refractivity contribution is -0.929. The molecule has 0 fully saturated rings. The van der Waals surface area contributed by atoms with Crippen molar-refractivity contribution in [1.82, 2.24) is 0 Å². The smallest absolute Gasteiger partial charge is 0.0988 e. The van der Waals surface area contributed by atoms with Gasteiger partial charge in [-0.05, 0) is 37.7 Å². The highest BCUT2D eigenvalue weighted by Gasteiger charge is 2.25. The molecule has 0 radical (unpaired) electrons. The monoisotopic (exact) mass is 581 g/mol. The van der Waals surface area contributed by atoms with Crippen LogP contribution in [-0.4, -0.2) is 43.6 Å². The van der Waals surface area contributed by atoms with E-state index in [-0.39, 0.29) is 0 Å². The fourth-order valence-corrected chi connectivity index (χ4v) is 6.17. The van der Waals surface area contributed by atoms with Crippen molar-refractivity contribution < 1.29 is 17.5 Å². The van der Waals surface area contributed by atoms with Crippen LogP contribution in [-0.2, 0) is 15.9 Å². The molecule has 236 valence electrons. The molecule has 0 atom stereocenters. The zero-order chi connectivity index (χ0) is 29.8. The van der Waals surface area contributed by atoms with Crippen molar-refractivity contribution in [2.45, 2.75) is 162 Å². The van der Waals surface area contributed by atoms with E-state index in [0.717, 1.165) is 0 Å². The van der Waals surface area contributed by atoms with Crippen LogP contribution in [0.3, 0.4) is 0 Å². The molecule has 1 aromatic rings. The van der Waals surface area contributed by atoms with Crippen molar-refractivity contribution in [3.8, 4) is 0 Å². The zero-order valence-corrected chi connectivity index (χ0v) is 28.0. The minimum Gasteiger partial charge on any atom is -0.748 e. The van der Waals surface area contributed by atoms with Crippen LogP contribution in [0.1, 0.15) is 162 Å². The van der Waals surface area contributed by atoms with Gasteiger partial charge in [-0.15, -0.1) is 0 Å². The summed E-state index contributed by atoms with van der Waals surface area (Å²) in [4.78, 5) is 0. The van der Waals surface area contributed by atoms with Crippen molar-refractivity contribution in [1.29, 1.82) is 0 Å². The predicted octanol–water partition coefficient (Wildman–Crippen LogP) is 10.4. The Balaban J connectivity index is 0.00000114. The summed E-state index contributed by atoms with van der Waals surface area (Å²) >= 11 is 0. The molecule has 40 heavy (non-hydrogen) atoms. The summed E-state index contributed by atoms with van der Waals surface area (Å²) in [7, 11) is -4.13. The molecule has 1 aromatic carbocycles. The fourth-order valence-electron chi connectivity index (χ4n) is 5.57. The molecule has 0 N–H and O–H groups in total. The van der Waals surface area contributed by atoms with Gasteiger partial charge in [0.05, 0.1) is 42.1 Å². The number of unbranched alkanes of at least 4 members (excludes halogenated alkanes) is 16.